The highest BCUT2D eigenvalue weighted by molar-refractivity contribution is 5.14. The molecule has 0 bridgehead atoms. The zero-order valence-electron chi connectivity index (χ0n) is 8.49. The van der Waals surface area contributed by atoms with Crippen molar-refractivity contribution in [1.29, 1.82) is 0 Å². The van der Waals surface area contributed by atoms with Crippen molar-refractivity contribution in [3.05, 3.63) is 35.9 Å². The van der Waals surface area contributed by atoms with Gasteiger partial charge < -0.3 is 4.74 Å². The van der Waals surface area contributed by atoms with E-state index in [1.54, 1.807) is 0 Å². The molecule has 0 unspecified atom stereocenters. The van der Waals surface area contributed by atoms with Crippen molar-refractivity contribution in [3.63, 3.8) is 0 Å². The fraction of sp³-hybridized carbons (Fsp3) is 0.500. The monoisotopic (exact) mass is 178 g/mol. The molecule has 0 spiro atoms. The van der Waals surface area contributed by atoms with E-state index in [9.17, 15) is 0 Å². The van der Waals surface area contributed by atoms with Crippen molar-refractivity contribution in [2.75, 3.05) is 13.2 Å². The summed E-state index contributed by atoms with van der Waals surface area (Å²) in [5.74, 6) is 0.613. The van der Waals surface area contributed by atoms with Gasteiger partial charge in [-0.25, -0.2) is 0 Å². The minimum Gasteiger partial charge on any atom is -0.381 e. The van der Waals surface area contributed by atoms with Crippen LogP contribution >= 0.6 is 0 Å². The Hall–Kier alpha value is -0.820. The highest BCUT2D eigenvalue weighted by Gasteiger charge is 2.02. The van der Waals surface area contributed by atoms with Crippen LogP contribution in [0.25, 0.3) is 0 Å². The summed E-state index contributed by atoms with van der Waals surface area (Å²) >= 11 is 0. The fourth-order valence-corrected chi connectivity index (χ4v) is 1.39. The second kappa shape index (κ2) is 5.76. The summed E-state index contributed by atoms with van der Waals surface area (Å²) < 4.78 is 5.37. The molecule has 0 aliphatic carbocycles. The van der Waals surface area contributed by atoms with Crippen molar-refractivity contribution in [2.24, 2.45) is 5.92 Å². The molecule has 0 saturated heterocycles. The van der Waals surface area contributed by atoms with Crippen LogP contribution < -0.4 is 0 Å². The summed E-state index contributed by atoms with van der Waals surface area (Å²) in [6.07, 6.45) is 1.11. The summed E-state index contributed by atoms with van der Waals surface area (Å²) in [6.45, 7) is 5.95. The van der Waals surface area contributed by atoms with Gasteiger partial charge in [-0.05, 0) is 24.8 Å². The summed E-state index contributed by atoms with van der Waals surface area (Å²) in [7, 11) is 0. The van der Waals surface area contributed by atoms with E-state index in [1.165, 1.54) is 5.56 Å². The molecule has 1 nitrogen and oxygen atoms in total. The molecule has 1 aromatic carbocycles. The minimum atomic E-state index is 0.613. The van der Waals surface area contributed by atoms with E-state index in [0.717, 1.165) is 19.6 Å². The van der Waals surface area contributed by atoms with Gasteiger partial charge in [0.15, 0.2) is 0 Å². The summed E-state index contributed by atoms with van der Waals surface area (Å²) in [4.78, 5) is 0. The Bertz CT molecular complexity index is 218. The van der Waals surface area contributed by atoms with Gasteiger partial charge >= 0.3 is 0 Å². The van der Waals surface area contributed by atoms with E-state index in [2.05, 4.69) is 37.3 Å². The first-order valence-electron chi connectivity index (χ1n) is 4.94. The smallest absolute Gasteiger partial charge is 0.0494 e. The highest BCUT2D eigenvalue weighted by Crippen LogP contribution is 2.08. The van der Waals surface area contributed by atoms with Crippen molar-refractivity contribution in [3.8, 4) is 0 Å². The maximum absolute atomic E-state index is 5.37. The number of hydrogen-bond donors (Lipinski definition) is 0. The molecule has 1 aromatic rings. The molecule has 0 aliphatic heterocycles. The molecule has 1 atom stereocenters. The molecule has 0 heterocycles. The minimum absolute atomic E-state index is 0.613. The third-order valence-corrected chi connectivity index (χ3v) is 2.03. The lowest BCUT2D eigenvalue weighted by Gasteiger charge is -2.10. The summed E-state index contributed by atoms with van der Waals surface area (Å²) in [5.41, 5.74) is 1.40. The maximum Gasteiger partial charge on any atom is 0.0494 e. The summed E-state index contributed by atoms with van der Waals surface area (Å²) in [5, 5.41) is 0. The van der Waals surface area contributed by atoms with Crippen LogP contribution in [0.3, 0.4) is 0 Å². The Labute approximate surface area is 80.7 Å². The molecule has 1 heteroatoms. The van der Waals surface area contributed by atoms with E-state index >= 15 is 0 Å². The van der Waals surface area contributed by atoms with Crippen LogP contribution in [-0.4, -0.2) is 13.2 Å². The second-order valence-electron chi connectivity index (χ2n) is 3.45. The van der Waals surface area contributed by atoms with Crippen LogP contribution in [0.4, 0.5) is 0 Å². The quantitative estimate of drug-likeness (QED) is 0.673. The van der Waals surface area contributed by atoms with E-state index in [0.29, 0.717) is 5.92 Å². The molecule has 13 heavy (non-hydrogen) atoms. The van der Waals surface area contributed by atoms with E-state index in [-0.39, 0.29) is 0 Å². The Balaban J connectivity index is 2.32. The second-order valence-corrected chi connectivity index (χ2v) is 3.45. The Morgan fingerprint density at radius 2 is 1.92 bits per heavy atom. The van der Waals surface area contributed by atoms with Crippen LogP contribution in [0.1, 0.15) is 19.4 Å². The standard InChI is InChI=1S/C12H18O/c1-3-13-10-11(2)9-12-7-5-4-6-8-12/h4-8,11H,3,9-10H2,1-2H3/t11-/m0/s1. The number of ether oxygens (including phenoxy) is 1. The van der Waals surface area contributed by atoms with Gasteiger partial charge in [0.2, 0.25) is 0 Å². The fourth-order valence-electron chi connectivity index (χ4n) is 1.39. The lowest BCUT2D eigenvalue weighted by molar-refractivity contribution is 0.116. The summed E-state index contributed by atoms with van der Waals surface area (Å²) in [6, 6.07) is 10.6. The zero-order chi connectivity index (χ0) is 9.52. The molecule has 0 saturated carbocycles. The van der Waals surface area contributed by atoms with Crippen molar-refractivity contribution >= 4 is 0 Å². The SMILES string of the molecule is CCOC[C@@H](C)Cc1ccccc1. The largest absolute Gasteiger partial charge is 0.381 e. The number of benzene rings is 1. The molecule has 0 fully saturated rings. The van der Waals surface area contributed by atoms with Gasteiger partial charge in [0.1, 0.15) is 0 Å². The Morgan fingerprint density at radius 3 is 2.54 bits per heavy atom. The molecule has 0 amide bonds. The topological polar surface area (TPSA) is 9.23 Å². The first kappa shape index (κ1) is 10.3. The molecule has 0 N–H and O–H groups in total. The Morgan fingerprint density at radius 1 is 1.23 bits per heavy atom. The van der Waals surface area contributed by atoms with Gasteiger partial charge in [-0.2, -0.15) is 0 Å². The molecular weight excluding hydrogens is 160 g/mol. The molecule has 0 radical (unpaired) electrons. The van der Waals surface area contributed by atoms with E-state index in [1.807, 2.05) is 6.92 Å². The molecule has 1 rings (SSSR count). The van der Waals surface area contributed by atoms with Gasteiger partial charge in [0.25, 0.3) is 0 Å². The van der Waals surface area contributed by atoms with Crippen LogP contribution in [0.2, 0.25) is 0 Å². The van der Waals surface area contributed by atoms with Crippen molar-refractivity contribution in [1.82, 2.24) is 0 Å². The third kappa shape index (κ3) is 4.09. The molecule has 0 aliphatic rings. The number of rotatable bonds is 5. The van der Waals surface area contributed by atoms with E-state index in [4.69, 9.17) is 4.74 Å². The predicted octanol–water partition coefficient (Wildman–Crippen LogP) is 2.90. The van der Waals surface area contributed by atoms with Gasteiger partial charge in [0, 0.05) is 13.2 Å². The lowest BCUT2D eigenvalue weighted by atomic mass is 10.0. The normalized spacial score (nSPS) is 12.8. The first-order valence-corrected chi connectivity index (χ1v) is 4.94. The third-order valence-electron chi connectivity index (χ3n) is 2.03. The Kier molecular flexibility index (Phi) is 4.55. The van der Waals surface area contributed by atoms with Crippen LogP contribution in [0, 0.1) is 5.92 Å². The van der Waals surface area contributed by atoms with Gasteiger partial charge in [0.05, 0.1) is 0 Å². The van der Waals surface area contributed by atoms with Crippen LogP contribution in [0.15, 0.2) is 30.3 Å². The average molecular weight is 178 g/mol. The van der Waals surface area contributed by atoms with Crippen molar-refractivity contribution in [2.45, 2.75) is 20.3 Å². The van der Waals surface area contributed by atoms with Gasteiger partial charge in [-0.3, -0.25) is 0 Å². The average Bonchev–Trinajstić information content (AvgIpc) is 2.16. The molecule has 0 aromatic heterocycles. The van der Waals surface area contributed by atoms with Crippen molar-refractivity contribution < 1.29 is 4.74 Å². The first-order chi connectivity index (χ1) is 6.33. The number of hydrogen-bond acceptors (Lipinski definition) is 1. The van der Waals surface area contributed by atoms with Gasteiger partial charge in [-0.15, -0.1) is 0 Å². The van der Waals surface area contributed by atoms with Gasteiger partial charge in [-0.1, -0.05) is 37.3 Å². The molecular formula is C12H18O. The highest BCUT2D eigenvalue weighted by atomic mass is 16.5. The zero-order valence-corrected chi connectivity index (χ0v) is 8.49. The van der Waals surface area contributed by atoms with Crippen LogP contribution in [-0.2, 0) is 11.2 Å². The maximum atomic E-state index is 5.37. The van der Waals surface area contributed by atoms with E-state index < -0.39 is 0 Å². The predicted molar refractivity (Wildman–Crippen MR) is 55.8 cm³/mol. The van der Waals surface area contributed by atoms with Crippen LogP contribution in [0.5, 0.6) is 0 Å². The lowest BCUT2D eigenvalue weighted by Crippen LogP contribution is -2.08. The molecule has 72 valence electrons.